The first-order valence-electron chi connectivity index (χ1n) is 7.60. The molecule has 2 unspecified atom stereocenters. The van der Waals surface area contributed by atoms with Gasteiger partial charge in [0.2, 0.25) is 5.91 Å². The average molecular weight is 321 g/mol. The van der Waals surface area contributed by atoms with Crippen molar-refractivity contribution in [3.63, 3.8) is 0 Å². The number of hydrogen-bond acceptors (Lipinski definition) is 5. The number of hydrogen-bond donors (Lipinski definition) is 2. The smallest absolute Gasteiger partial charge is 0.274 e. The summed E-state index contributed by atoms with van der Waals surface area (Å²) in [5, 5.41) is 13.7. The molecule has 23 heavy (non-hydrogen) atoms. The van der Waals surface area contributed by atoms with E-state index in [9.17, 15) is 14.9 Å². The first kappa shape index (κ1) is 17.4. The van der Waals surface area contributed by atoms with Crippen LogP contribution in [0.15, 0.2) is 18.2 Å². The van der Waals surface area contributed by atoms with Crippen LogP contribution in [0.4, 0.5) is 11.4 Å². The van der Waals surface area contributed by atoms with Gasteiger partial charge in [-0.2, -0.15) is 0 Å². The maximum Gasteiger partial charge on any atom is 0.274 e. The maximum atomic E-state index is 12.6. The molecule has 1 aliphatic rings. The van der Waals surface area contributed by atoms with Gasteiger partial charge >= 0.3 is 0 Å². The molecular weight excluding hydrogens is 298 g/mol. The van der Waals surface area contributed by atoms with Gasteiger partial charge in [-0.1, -0.05) is 19.9 Å². The summed E-state index contributed by atoms with van der Waals surface area (Å²) in [4.78, 5) is 23.1. The number of carbonyl (C=O) groups excluding carboxylic acids is 1. The molecule has 0 bridgehead atoms. The Morgan fingerprint density at radius 2 is 2.17 bits per heavy atom. The standard InChI is InChI=1S/C16H23N3O4/c1-5-23-13-9-16(17,15(13,3)4)14(20)18-11-7-6-10(2)12(8-11)19(21)22/h6-8,13H,5,9,17H2,1-4H3,(H,18,20). The lowest BCUT2D eigenvalue weighted by atomic mass is 9.54. The summed E-state index contributed by atoms with van der Waals surface area (Å²) in [5.41, 5.74) is 5.59. The number of nitrogens with zero attached hydrogens (tertiary/aromatic N) is 1. The molecule has 1 aromatic rings. The van der Waals surface area contributed by atoms with Crippen LogP contribution in [0.2, 0.25) is 0 Å². The van der Waals surface area contributed by atoms with Gasteiger partial charge in [0.05, 0.1) is 11.0 Å². The Morgan fingerprint density at radius 1 is 1.52 bits per heavy atom. The molecule has 1 saturated carbocycles. The van der Waals surface area contributed by atoms with Gasteiger partial charge in [-0.3, -0.25) is 14.9 Å². The van der Waals surface area contributed by atoms with Gasteiger partial charge in [-0.05, 0) is 19.9 Å². The fraction of sp³-hybridized carbons (Fsp3) is 0.562. The number of nitro groups is 1. The largest absolute Gasteiger partial charge is 0.378 e. The molecule has 7 heteroatoms. The summed E-state index contributed by atoms with van der Waals surface area (Å²) in [6.45, 7) is 7.91. The molecule has 0 aromatic heterocycles. The van der Waals surface area contributed by atoms with Crippen LogP contribution in [-0.2, 0) is 9.53 Å². The van der Waals surface area contributed by atoms with Crippen LogP contribution in [0.25, 0.3) is 0 Å². The van der Waals surface area contributed by atoms with Crippen molar-refractivity contribution in [2.75, 3.05) is 11.9 Å². The van der Waals surface area contributed by atoms with E-state index in [-0.39, 0.29) is 17.7 Å². The Kier molecular flexibility index (Phi) is 4.45. The zero-order valence-electron chi connectivity index (χ0n) is 13.9. The number of aryl methyl sites for hydroxylation is 1. The molecule has 3 N–H and O–H groups in total. The normalized spacial score (nSPS) is 25.5. The molecule has 7 nitrogen and oxygen atoms in total. The molecule has 1 aliphatic carbocycles. The highest BCUT2D eigenvalue weighted by molar-refractivity contribution is 6.00. The number of benzene rings is 1. The highest BCUT2D eigenvalue weighted by Crippen LogP contribution is 2.50. The minimum atomic E-state index is -1.06. The molecule has 0 aliphatic heterocycles. The fourth-order valence-electron chi connectivity index (χ4n) is 2.95. The van der Waals surface area contributed by atoms with Crippen molar-refractivity contribution in [2.45, 2.75) is 45.8 Å². The van der Waals surface area contributed by atoms with E-state index in [1.807, 2.05) is 20.8 Å². The SMILES string of the molecule is CCOC1CC(N)(C(=O)Nc2ccc(C)c([N+](=O)[O-])c2)C1(C)C. The van der Waals surface area contributed by atoms with Crippen LogP contribution in [0.1, 0.15) is 32.8 Å². The van der Waals surface area contributed by atoms with Gasteiger partial charge < -0.3 is 15.8 Å². The van der Waals surface area contributed by atoms with Crippen molar-refractivity contribution >= 4 is 17.3 Å². The van der Waals surface area contributed by atoms with Crippen LogP contribution in [-0.4, -0.2) is 29.1 Å². The van der Waals surface area contributed by atoms with Crippen molar-refractivity contribution in [3.8, 4) is 0 Å². The average Bonchev–Trinajstić information content (AvgIpc) is 2.48. The van der Waals surface area contributed by atoms with Gasteiger partial charge in [-0.25, -0.2) is 0 Å². The maximum absolute atomic E-state index is 12.6. The second-order valence-corrected chi connectivity index (χ2v) is 6.55. The van der Waals surface area contributed by atoms with E-state index in [2.05, 4.69) is 5.32 Å². The summed E-state index contributed by atoms with van der Waals surface area (Å²) in [6.07, 6.45) is 0.351. The summed E-state index contributed by atoms with van der Waals surface area (Å²) in [6, 6.07) is 4.59. The van der Waals surface area contributed by atoms with E-state index in [1.54, 1.807) is 19.1 Å². The number of amides is 1. The van der Waals surface area contributed by atoms with E-state index in [0.717, 1.165) is 0 Å². The van der Waals surface area contributed by atoms with E-state index in [4.69, 9.17) is 10.5 Å². The minimum Gasteiger partial charge on any atom is -0.378 e. The first-order valence-corrected chi connectivity index (χ1v) is 7.60. The second kappa shape index (κ2) is 5.90. The number of rotatable bonds is 5. The lowest BCUT2D eigenvalue weighted by Gasteiger charge is -2.57. The van der Waals surface area contributed by atoms with E-state index in [0.29, 0.717) is 24.3 Å². The Morgan fingerprint density at radius 3 is 2.70 bits per heavy atom. The van der Waals surface area contributed by atoms with Crippen LogP contribution in [0.3, 0.4) is 0 Å². The number of carbonyl (C=O) groups is 1. The third-order valence-electron chi connectivity index (χ3n) is 4.90. The zero-order valence-corrected chi connectivity index (χ0v) is 13.9. The highest BCUT2D eigenvalue weighted by Gasteiger charge is 2.62. The van der Waals surface area contributed by atoms with E-state index >= 15 is 0 Å². The second-order valence-electron chi connectivity index (χ2n) is 6.55. The molecule has 1 amide bonds. The molecule has 0 radical (unpaired) electrons. The van der Waals surface area contributed by atoms with Crippen molar-refractivity contribution in [1.29, 1.82) is 0 Å². The quantitative estimate of drug-likeness (QED) is 0.639. The molecule has 1 aromatic carbocycles. The lowest BCUT2D eigenvalue weighted by Crippen LogP contribution is -2.74. The van der Waals surface area contributed by atoms with Crippen LogP contribution >= 0.6 is 0 Å². The predicted octanol–water partition coefficient (Wildman–Crippen LogP) is 2.37. The van der Waals surface area contributed by atoms with E-state index < -0.39 is 15.9 Å². The summed E-state index contributed by atoms with van der Waals surface area (Å²) >= 11 is 0. The Bertz CT molecular complexity index is 644. The summed E-state index contributed by atoms with van der Waals surface area (Å²) in [5.74, 6) is -0.350. The monoisotopic (exact) mass is 321 g/mol. The third kappa shape index (κ3) is 2.82. The van der Waals surface area contributed by atoms with Crippen LogP contribution in [0, 0.1) is 22.5 Å². The lowest BCUT2D eigenvalue weighted by molar-refractivity contribution is -0.385. The summed E-state index contributed by atoms with van der Waals surface area (Å²) < 4.78 is 5.61. The number of anilines is 1. The van der Waals surface area contributed by atoms with Crippen molar-refractivity contribution < 1.29 is 14.5 Å². The molecule has 0 saturated heterocycles. The topological polar surface area (TPSA) is 107 Å². The van der Waals surface area contributed by atoms with Gasteiger partial charge in [0.15, 0.2) is 0 Å². The van der Waals surface area contributed by atoms with Crippen molar-refractivity contribution in [1.82, 2.24) is 0 Å². The Labute approximate surface area is 135 Å². The molecule has 2 atom stereocenters. The molecule has 2 rings (SSSR count). The molecular formula is C16H23N3O4. The number of nitrogens with two attached hydrogens (primary N) is 1. The van der Waals surface area contributed by atoms with E-state index in [1.165, 1.54) is 6.07 Å². The van der Waals surface area contributed by atoms with Crippen LogP contribution in [0.5, 0.6) is 0 Å². The van der Waals surface area contributed by atoms with Crippen molar-refractivity contribution in [3.05, 3.63) is 33.9 Å². The fourth-order valence-corrected chi connectivity index (χ4v) is 2.95. The molecule has 126 valence electrons. The van der Waals surface area contributed by atoms with Gasteiger partial charge in [0.25, 0.3) is 5.69 Å². The third-order valence-corrected chi connectivity index (χ3v) is 4.90. The molecule has 1 fully saturated rings. The number of ether oxygens (including phenoxy) is 1. The predicted molar refractivity (Wildman–Crippen MR) is 87.2 cm³/mol. The van der Waals surface area contributed by atoms with Gasteiger partial charge in [-0.15, -0.1) is 0 Å². The first-order chi connectivity index (χ1) is 10.6. The molecule has 0 spiro atoms. The van der Waals surface area contributed by atoms with Gasteiger partial charge in [0, 0.05) is 35.8 Å². The Balaban J connectivity index is 2.17. The summed E-state index contributed by atoms with van der Waals surface area (Å²) in [7, 11) is 0. The van der Waals surface area contributed by atoms with Crippen LogP contribution < -0.4 is 11.1 Å². The number of nitro benzene ring substituents is 1. The minimum absolute atomic E-state index is 0.0334. The van der Waals surface area contributed by atoms with Crippen molar-refractivity contribution in [2.24, 2.45) is 11.1 Å². The number of nitrogens with one attached hydrogen (secondary N) is 1. The highest BCUT2D eigenvalue weighted by atomic mass is 16.6. The zero-order chi connectivity index (χ0) is 17.4. The van der Waals surface area contributed by atoms with Gasteiger partial charge in [0.1, 0.15) is 5.54 Å². The Hall–Kier alpha value is -1.99. The molecule has 0 heterocycles.